The van der Waals surface area contributed by atoms with Gasteiger partial charge >= 0.3 is 0 Å². The number of hydrogen-bond donors (Lipinski definition) is 1. The predicted molar refractivity (Wildman–Crippen MR) is 127 cm³/mol. The van der Waals surface area contributed by atoms with E-state index in [1.54, 1.807) is 13.1 Å². The zero-order chi connectivity index (χ0) is 25.5. The number of nitrogens with zero attached hydrogens (tertiary/aromatic N) is 3. The van der Waals surface area contributed by atoms with Crippen molar-refractivity contribution >= 4 is 33.5 Å². The zero-order valence-corrected chi connectivity index (χ0v) is 20.2. The van der Waals surface area contributed by atoms with Crippen molar-refractivity contribution in [2.24, 2.45) is 5.92 Å². The van der Waals surface area contributed by atoms with Gasteiger partial charge in [-0.1, -0.05) is 25.2 Å². The van der Waals surface area contributed by atoms with Crippen LogP contribution in [0, 0.1) is 24.5 Å². The van der Waals surface area contributed by atoms with Crippen molar-refractivity contribution in [1.29, 1.82) is 0 Å². The Labute approximate surface area is 202 Å². The minimum absolute atomic E-state index is 0.0712. The van der Waals surface area contributed by atoms with E-state index < -0.39 is 29.0 Å². The molecule has 1 saturated heterocycles. The summed E-state index contributed by atoms with van der Waals surface area (Å²) >= 11 is 1.30. The number of carbonyl (C=O) groups excluding carboxylic acids is 2. The molecule has 1 aromatic carbocycles. The lowest BCUT2D eigenvalue weighted by molar-refractivity contribution is -0.125. The first-order valence-electron chi connectivity index (χ1n) is 11.6. The van der Waals surface area contributed by atoms with Gasteiger partial charge in [0.1, 0.15) is 33.3 Å². The number of thiazole rings is 1. The first-order valence-corrected chi connectivity index (χ1v) is 11.7. The number of carbonyl (C=O) groups is 2. The molecule has 3 heterocycles. The summed E-state index contributed by atoms with van der Waals surface area (Å²) in [5.74, 6) is -4.53. The minimum atomic E-state index is -1.16. The van der Waals surface area contributed by atoms with E-state index in [0.717, 1.165) is 35.6 Å². The van der Waals surface area contributed by atoms with Crippen LogP contribution >= 0.6 is 11.3 Å². The van der Waals surface area contributed by atoms with Crippen LogP contribution in [0.4, 0.5) is 8.78 Å². The second-order valence-electron chi connectivity index (χ2n) is 7.86. The van der Waals surface area contributed by atoms with E-state index in [-0.39, 0.29) is 18.3 Å². The molecule has 2 amide bonds. The summed E-state index contributed by atoms with van der Waals surface area (Å²) in [5, 5.41) is 2.70. The van der Waals surface area contributed by atoms with Crippen LogP contribution in [0.1, 0.15) is 49.0 Å². The van der Waals surface area contributed by atoms with Crippen LogP contribution in [0.15, 0.2) is 24.4 Å². The lowest BCUT2D eigenvalue weighted by atomic mass is 9.96. The van der Waals surface area contributed by atoms with Gasteiger partial charge in [-0.2, -0.15) is 0 Å². The van der Waals surface area contributed by atoms with Crippen molar-refractivity contribution < 1.29 is 24.5 Å². The summed E-state index contributed by atoms with van der Waals surface area (Å²) in [4.78, 5) is 36.3. The molecule has 0 spiro atoms. The van der Waals surface area contributed by atoms with Crippen molar-refractivity contribution in [2.45, 2.75) is 40.2 Å². The molecule has 4 rings (SSSR count). The Kier molecular flexibility index (Phi) is 8.12. The largest absolute Gasteiger partial charge is 0.483 e. The highest BCUT2D eigenvalue weighted by Gasteiger charge is 2.28. The molecule has 0 aliphatic carbocycles. The lowest BCUT2D eigenvalue weighted by Crippen LogP contribution is -2.41. The average molecular weight is 493 g/mol. The number of likely N-dealkylation sites (tertiary alicyclic amines) is 1. The van der Waals surface area contributed by atoms with Gasteiger partial charge in [-0.05, 0) is 63.7 Å². The summed E-state index contributed by atoms with van der Waals surface area (Å²) in [6, 6.07) is 3.93. The van der Waals surface area contributed by atoms with Crippen LogP contribution in [-0.2, 0) is 11.4 Å². The number of hydrogen-bond acceptors (Lipinski definition) is 7. The number of ether oxygens (including phenoxy) is 1. The first kappa shape index (κ1) is 24.2. The second-order valence-corrected chi connectivity index (χ2v) is 8.93. The van der Waals surface area contributed by atoms with Crippen molar-refractivity contribution in [3.63, 3.8) is 0 Å². The van der Waals surface area contributed by atoms with E-state index >= 15 is 0 Å². The third-order valence-electron chi connectivity index (χ3n) is 5.39. The number of aromatic nitrogens is 2. The topological polar surface area (TPSA) is 84.4 Å². The zero-order valence-electron chi connectivity index (χ0n) is 20.4. The fourth-order valence-corrected chi connectivity index (χ4v) is 4.37. The third kappa shape index (κ3) is 5.92. The van der Waals surface area contributed by atoms with Crippen LogP contribution in [0.25, 0.3) is 10.3 Å². The molecule has 0 unspecified atom stereocenters. The van der Waals surface area contributed by atoms with Gasteiger partial charge in [-0.3, -0.25) is 14.9 Å². The van der Waals surface area contributed by atoms with Crippen LogP contribution in [-0.4, -0.2) is 46.8 Å². The summed E-state index contributed by atoms with van der Waals surface area (Å²) < 4.78 is 40.9. The molecule has 0 radical (unpaired) electrons. The maximum absolute atomic E-state index is 14.9. The highest BCUT2D eigenvalue weighted by Crippen LogP contribution is 2.26. The molecule has 7 nitrogen and oxygen atoms in total. The number of halogens is 2. The van der Waals surface area contributed by atoms with Gasteiger partial charge < -0.3 is 9.64 Å². The fraction of sp³-hybridized carbons (Fsp3) is 0.417. The van der Waals surface area contributed by atoms with E-state index in [1.807, 2.05) is 20.0 Å². The highest BCUT2D eigenvalue weighted by atomic mass is 32.1. The summed E-state index contributed by atoms with van der Waals surface area (Å²) in [5.41, 5.74) is 0.830. The molecular weight excluding hydrogens is 462 g/mol. The SMILES string of the molecule is Cc1cnc2sc(COc3ccc(F)c(C(=O)NC(=O)C4CCN(C)CC4)c3F)nc2c1.[3H]CC. The van der Waals surface area contributed by atoms with Crippen molar-refractivity contribution in [3.05, 3.63) is 52.2 Å². The van der Waals surface area contributed by atoms with Gasteiger partial charge in [0, 0.05) is 13.5 Å². The molecule has 1 aliphatic heterocycles. The van der Waals surface area contributed by atoms with Crippen molar-refractivity contribution in [3.8, 4) is 5.75 Å². The van der Waals surface area contributed by atoms with Crippen molar-refractivity contribution in [2.75, 3.05) is 20.1 Å². The standard InChI is InChI=1S/C22H22F2N4O3S.C2H6/c1-12-9-15-22(25-10-12)32-17(26-15)11-31-16-4-3-14(23)18(19(16)24)21(30)27-20(29)13-5-7-28(2)8-6-13;1-2/h3-4,9-10,13H,5-8,11H2,1-2H3,(H,27,29,30);1-2H3/i;1T. The molecule has 0 saturated carbocycles. The van der Waals surface area contributed by atoms with Crippen LogP contribution < -0.4 is 10.1 Å². The quantitative estimate of drug-likeness (QED) is 0.529. The number of pyridine rings is 1. The Bertz CT molecular complexity index is 1200. The second kappa shape index (κ2) is 11.4. The third-order valence-corrected chi connectivity index (χ3v) is 6.34. The number of piperidine rings is 1. The minimum Gasteiger partial charge on any atom is -0.483 e. The molecule has 1 fully saturated rings. The number of nitrogens with one attached hydrogen (secondary N) is 1. The molecule has 182 valence electrons. The van der Waals surface area contributed by atoms with Crippen LogP contribution in [0.5, 0.6) is 5.75 Å². The van der Waals surface area contributed by atoms with E-state index in [0.29, 0.717) is 30.3 Å². The van der Waals surface area contributed by atoms with Gasteiger partial charge in [0.25, 0.3) is 5.91 Å². The Hall–Kier alpha value is -2.98. The smallest absolute Gasteiger partial charge is 0.263 e. The maximum Gasteiger partial charge on any atom is 0.263 e. The van der Waals surface area contributed by atoms with E-state index in [2.05, 4.69) is 20.2 Å². The van der Waals surface area contributed by atoms with E-state index in [4.69, 9.17) is 6.11 Å². The number of benzene rings is 1. The molecule has 34 heavy (non-hydrogen) atoms. The molecule has 2 aromatic heterocycles. The normalized spacial score (nSPS) is 14.8. The van der Waals surface area contributed by atoms with Crippen LogP contribution in [0.3, 0.4) is 0 Å². The summed E-state index contributed by atoms with van der Waals surface area (Å²) in [7, 11) is 1.95. The summed E-state index contributed by atoms with van der Waals surface area (Å²) in [6.45, 7) is 5.57. The van der Waals surface area contributed by atoms with Gasteiger partial charge in [0.05, 0.1) is 0 Å². The Morgan fingerprint density at radius 1 is 1.32 bits per heavy atom. The molecule has 1 N–H and O–H groups in total. The van der Waals surface area contributed by atoms with Gasteiger partial charge in [-0.15, -0.1) is 0 Å². The molecule has 0 bridgehead atoms. The monoisotopic (exact) mass is 492 g/mol. The van der Waals surface area contributed by atoms with Crippen LogP contribution in [0.2, 0.25) is 0 Å². The van der Waals surface area contributed by atoms with Gasteiger partial charge in [0.2, 0.25) is 5.91 Å². The Morgan fingerprint density at radius 3 is 2.74 bits per heavy atom. The predicted octanol–water partition coefficient (Wildman–Crippen LogP) is 4.48. The Balaban J connectivity index is 0.00000108. The summed E-state index contributed by atoms with van der Waals surface area (Å²) in [6.07, 6.45) is 2.89. The molecule has 3 aromatic rings. The lowest BCUT2D eigenvalue weighted by Gasteiger charge is -2.27. The van der Waals surface area contributed by atoms with Gasteiger partial charge in [0.15, 0.2) is 11.6 Å². The van der Waals surface area contributed by atoms with E-state index in [1.165, 1.54) is 11.3 Å². The number of amides is 2. The average Bonchev–Trinajstić information content (AvgIpc) is 3.21. The first-order chi connectivity index (χ1) is 16.7. The molecule has 10 heteroatoms. The van der Waals surface area contributed by atoms with E-state index in [9.17, 15) is 18.4 Å². The molecule has 1 aliphatic rings. The number of fused-ring (bicyclic) bond motifs is 1. The number of aryl methyl sites for hydroxylation is 1. The van der Waals surface area contributed by atoms with Gasteiger partial charge in [-0.25, -0.2) is 18.7 Å². The number of imide groups is 1. The number of rotatable bonds is 5. The van der Waals surface area contributed by atoms with Crippen molar-refractivity contribution in [1.82, 2.24) is 20.2 Å². The fourth-order valence-electron chi connectivity index (χ4n) is 3.57. The Morgan fingerprint density at radius 2 is 2.03 bits per heavy atom. The maximum atomic E-state index is 14.9. The highest BCUT2D eigenvalue weighted by molar-refractivity contribution is 7.18. The molecular formula is C24H28F2N4O3S. The molecule has 0 atom stereocenters.